The number of furan rings is 1. The fourth-order valence-corrected chi connectivity index (χ4v) is 8.75. The normalized spacial score (nSPS) is 11.4. The first-order valence-electron chi connectivity index (χ1n) is 20.1. The highest BCUT2D eigenvalue weighted by atomic mass is 16.3. The van der Waals surface area contributed by atoms with Crippen LogP contribution in [0.2, 0.25) is 0 Å². The van der Waals surface area contributed by atoms with E-state index >= 15 is 0 Å². The van der Waals surface area contributed by atoms with Crippen LogP contribution in [-0.2, 0) is 0 Å². The van der Waals surface area contributed by atoms with E-state index in [1.807, 2.05) is 6.07 Å². The Balaban J connectivity index is 1.03. The van der Waals surface area contributed by atoms with Crippen molar-refractivity contribution in [1.29, 1.82) is 0 Å². The Labute approximate surface area is 343 Å². The second-order valence-corrected chi connectivity index (χ2v) is 14.9. The van der Waals surface area contributed by atoms with Gasteiger partial charge in [-0.15, -0.1) is 0 Å². The lowest BCUT2D eigenvalue weighted by Gasteiger charge is -2.27. The first kappa shape index (κ1) is 34.4. The zero-order chi connectivity index (χ0) is 39.1. The third-order valence-electron chi connectivity index (χ3n) is 11.4. The van der Waals surface area contributed by atoms with Crippen LogP contribution in [0.5, 0.6) is 0 Å². The molecule has 0 aliphatic heterocycles. The van der Waals surface area contributed by atoms with Crippen molar-refractivity contribution in [2.75, 3.05) is 9.80 Å². The molecule has 0 amide bonds. The molecule has 0 saturated carbocycles. The SMILES string of the molecule is c1ccc(N(c2ccccc2)c2ccc(-c3c(-c4ccc(N(c5ccccc5)c5cc6oc7ccccc7c6c6ccccc56)cc4)ccc4ccccc34)cc2)cc1. The Kier molecular flexibility index (Phi) is 8.49. The number of nitrogens with zero attached hydrogens (tertiary/aromatic N) is 2. The van der Waals surface area contributed by atoms with Gasteiger partial charge in [-0.25, -0.2) is 0 Å². The molecule has 1 heterocycles. The van der Waals surface area contributed by atoms with Gasteiger partial charge < -0.3 is 14.2 Å². The van der Waals surface area contributed by atoms with Crippen LogP contribution in [0.15, 0.2) is 235 Å². The zero-order valence-electron chi connectivity index (χ0n) is 32.2. The van der Waals surface area contributed by atoms with Crippen molar-refractivity contribution in [1.82, 2.24) is 0 Å². The van der Waals surface area contributed by atoms with Crippen molar-refractivity contribution in [3.8, 4) is 22.3 Å². The van der Waals surface area contributed by atoms with Crippen molar-refractivity contribution in [3.63, 3.8) is 0 Å². The molecule has 1 aromatic heterocycles. The summed E-state index contributed by atoms with van der Waals surface area (Å²) >= 11 is 0. The lowest BCUT2D eigenvalue weighted by atomic mass is 9.89. The lowest BCUT2D eigenvalue weighted by molar-refractivity contribution is 0.669. The van der Waals surface area contributed by atoms with E-state index in [4.69, 9.17) is 4.42 Å². The molecule has 0 atom stereocenters. The molecule has 11 aromatic rings. The Morgan fingerprint density at radius 1 is 0.305 bits per heavy atom. The predicted molar refractivity (Wildman–Crippen MR) is 249 cm³/mol. The van der Waals surface area contributed by atoms with Crippen LogP contribution < -0.4 is 9.80 Å². The molecule has 0 unspecified atom stereocenters. The van der Waals surface area contributed by atoms with Crippen LogP contribution in [0.25, 0.3) is 65.7 Å². The highest BCUT2D eigenvalue weighted by Crippen LogP contribution is 2.46. The molecule has 0 aliphatic carbocycles. The second kappa shape index (κ2) is 14.6. The van der Waals surface area contributed by atoms with Gasteiger partial charge in [0, 0.05) is 50.7 Å². The van der Waals surface area contributed by atoms with Crippen molar-refractivity contribution in [2.24, 2.45) is 0 Å². The fraction of sp³-hybridized carbons (Fsp3) is 0. The maximum absolute atomic E-state index is 6.53. The fourth-order valence-electron chi connectivity index (χ4n) is 8.75. The molecular formula is C56H38N2O. The molecular weight excluding hydrogens is 717 g/mol. The number of anilines is 6. The van der Waals surface area contributed by atoms with Crippen LogP contribution >= 0.6 is 0 Å². The average Bonchev–Trinajstić information content (AvgIpc) is 3.69. The summed E-state index contributed by atoms with van der Waals surface area (Å²) in [6.45, 7) is 0. The molecule has 3 heteroatoms. The Morgan fingerprint density at radius 3 is 1.42 bits per heavy atom. The second-order valence-electron chi connectivity index (χ2n) is 14.9. The summed E-state index contributed by atoms with van der Waals surface area (Å²) in [5.74, 6) is 0. The Bertz CT molecular complexity index is 3210. The number of fused-ring (bicyclic) bond motifs is 6. The molecule has 0 radical (unpaired) electrons. The van der Waals surface area contributed by atoms with E-state index in [1.165, 1.54) is 32.8 Å². The van der Waals surface area contributed by atoms with Gasteiger partial charge in [0.1, 0.15) is 11.2 Å². The van der Waals surface area contributed by atoms with Crippen molar-refractivity contribution < 1.29 is 4.42 Å². The van der Waals surface area contributed by atoms with Crippen LogP contribution in [0.3, 0.4) is 0 Å². The summed E-state index contributed by atoms with van der Waals surface area (Å²) in [6, 6.07) is 82.2. The summed E-state index contributed by atoms with van der Waals surface area (Å²) in [4.78, 5) is 4.66. The maximum Gasteiger partial charge on any atom is 0.138 e. The number of hydrogen-bond acceptors (Lipinski definition) is 3. The van der Waals surface area contributed by atoms with Crippen molar-refractivity contribution in [3.05, 3.63) is 231 Å². The van der Waals surface area contributed by atoms with E-state index in [2.05, 4.69) is 234 Å². The van der Waals surface area contributed by atoms with Crippen LogP contribution in [0.4, 0.5) is 34.1 Å². The number of rotatable bonds is 8. The molecule has 3 nitrogen and oxygen atoms in total. The maximum atomic E-state index is 6.53. The summed E-state index contributed by atoms with van der Waals surface area (Å²) < 4.78 is 6.53. The quantitative estimate of drug-likeness (QED) is 0.154. The van der Waals surface area contributed by atoms with Gasteiger partial charge in [-0.05, 0) is 105 Å². The molecule has 11 rings (SSSR count). The van der Waals surface area contributed by atoms with Gasteiger partial charge in [-0.3, -0.25) is 0 Å². The van der Waals surface area contributed by atoms with Crippen molar-refractivity contribution >= 4 is 77.6 Å². The number of benzene rings is 10. The monoisotopic (exact) mass is 754 g/mol. The third kappa shape index (κ3) is 6.08. The van der Waals surface area contributed by atoms with Gasteiger partial charge in [0.2, 0.25) is 0 Å². The largest absolute Gasteiger partial charge is 0.456 e. The minimum absolute atomic E-state index is 0.875. The summed E-state index contributed by atoms with van der Waals surface area (Å²) in [5.41, 5.74) is 13.0. The van der Waals surface area contributed by atoms with E-state index in [1.54, 1.807) is 0 Å². The minimum Gasteiger partial charge on any atom is -0.456 e. The van der Waals surface area contributed by atoms with E-state index in [0.29, 0.717) is 0 Å². The van der Waals surface area contributed by atoms with E-state index in [0.717, 1.165) is 67.0 Å². The molecule has 10 aromatic carbocycles. The van der Waals surface area contributed by atoms with Crippen molar-refractivity contribution in [2.45, 2.75) is 0 Å². The molecule has 0 fully saturated rings. The minimum atomic E-state index is 0.875. The third-order valence-corrected chi connectivity index (χ3v) is 11.4. The van der Waals surface area contributed by atoms with Crippen LogP contribution in [-0.4, -0.2) is 0 Å². The van der Waals surface area contributed by atoms with Crippen LogP contribution in [0, 0.1) is 0 Å². The van der Waals surface area contributed by atoms with E-state index in [9.17, 15) is 0 Å². The first-order valence-corrected chi connectivity index (χ1v) is 20.1. The molecule has 0 spiro atoms. The Hall–Kier alpha value is -7.88. The smallest absolute Gasteiger partial charge is 0.138 e. The van der Waals surface area contributed by atoms with Gasteiger partial charge in [0.25, 0.3) is 0 Å². The number of hydrogen-bond donors (Lipinski definition) is 0. The van der Waals surface area contributed by atoms with Gasteiger partial charge in [0.15, 0.2) is 0 Å². The topological polar surface area (TPSA) is 19.6 Å². The zero-order valence-corrected chi connectivity index (χ0v) is 32.2. The predicted octanol–water partition coefficient (Wildman–Crippen LogP) is 16.2. The molecule has 0 bridgehead atoms. The highest BCUT2D eigenvalue weighted by molar-refractivity contribution is 6.22. The van der Waals surface area contributed by atoms with Gasteiger partial charge in [0.05, 0.1) is 5.69 Å². The molecule has 59 heavy (non-hydrogen) atoms. The molecule has 0 aliphatic rings. The number of para-hydroxylation sites is 4. The van der Waals surface area contributed by atoms with Gasteiger partial charge in [-0.2, -0.15) is 0 Å². The summed E-state index contributed by atoms with van der Waals surface area (Å²) in [6.07, 6.45) is 0. The average molecular weight is 755 g/mol. The van der Waals surface area contributed by atoms with Gasteiger partial charge >= 0.3 is 0 Å². The van der Waals surface area contributed by atoms with Gasteiger partial charge in [-0.1, -0.05) is 158 Å². The highest BCUT2D eigenvalue weighted by Gasteiger charge is 2.21. The molecule has 278 valence electrons. The van der Waals surface area contributed by atoms with Crippen LogP contribution in [0.1, 0.15) is 0 Å². The Morgan fingerprint density at radius 2 is 0.780 bits per heavy atom. The standard InChI is InChI=1S/C56H38N2O/c1-4-17-42(18-5-1)57(43-19-6-2-7-20-43)45-35-30-41(31-36-45)55-47-23-11-10-16-39(47)32-37-48(55)40-28-33-46(34-29-40)58(44-21-8-3-9-22-44)52-38-54-56(50-25-13-12-24-49(50)52)51-26-14-15-27-53(51)59-54/h1-38H. The van der Waals surface area contributed by atoms with E-state index in [-0.39, 0.29) is 0 Å². The summed E-state index contributed by atoms with van der Waals surface area (Å²) in [5, 5.41) is 7.05. The summed E-state index contributed by atoms with van der Waals surface area (Å²) in [7, 11) is 0. The lowest BCUT2D eigenvalue weighted by Crippen LogP contribution is -2.10. The van der Waals surface area contributed by atoms with E-state index < -0.39 is 0 Å². The molecule has 0 N–H and O–H groups in total. The molecule has 0 saturated heterocycles. The first-order chi connectivity index (χ1) is 29.3.